The highest BCUT2D eigenvalue weighted by Crippen LogP contribution is 2.13. The summed E-state index contributed by atoms with van der Waals surface area (Å²) in [5.74, 6) is -1.24. The highest BCUT2D eigenvalue weighted by atomic mass is 16.4. The van der Waals surface area contributed by atoms with Crippen LogP contribution in [0.25, 0.3) is 0 Å². The molecule has 0 aromatic rings. The zero-order valence-corrected chi connectivity index (χ0v) is 11.0. The molecule has 3 N–H and O–H groups in total. The van der Waals surface area contributed by atoms with E-state index in [9.17, 15) is 9.59 Å². The summed E-state index contributed by atoms with van der Waals surface area (Å²) in [6.45, 7) is 4.50. The number of aliphatic hydroxyl groups is 1. The van der Waals surface area contributed by atoms with E-state index in [0.29, 0.717) is 13.1 Å². The average molecular weight is 259 g/mol. The van der Waals surface area contributed by atoms with Gasteiger partial charge in [-0.2, -0.15) is 0 Å². The number of piperazine rings is 1. The number of nitrogens with zero attached hydrogens (tertiary/aromatic N) is 2. The molecule has 0 aliphatic carbocycles. The second-order valence-corrected chi connectivity index (χ2v) is 4.79. The normalized spacial score (nSPS) is 26.8. The Bertz CT molecular complexity index is 311. The molecule has 18 heavy (non-hydrogen) atoms. The van der Waals surface area contributed by atoms with Crippen LogP contribution in [0.2, 0.25) is 0 Å². The molecule has 7 nitrogen and oxygen atoms in total. The van der Waals surface area contributed by atoms with Gasteiger partial charge in [-0.3, -0.25) is 4.90 Å². The number of aliphatic carboxylic acids is 1. The molecule has 1 aliphatic rings. The Morgan fingerprint density at radius 1 is 1.33 bits per heavy atom. The Kier molecular flexibility index (Phi) is 4.92. The smallest absolute Gasteiger partial charge is 0.328 e. The van der Waals surface area contributed by atoms with E-state index in [2.05, 4.69) is 10.2 Å². The topological polar surface area (TPSA) is 93.1 Å². The van der Waals surface area contributed by atoms with Crippen LogP contribution in [0.5, 0.6) is 0 Å². The summed E-state index contributed by atoms with van der Waals surface area (Å²) in [4.78, 5) is 26.4. The summed E-state index contributed by atoms with van der Waals surface area (Å²) in [5, 5.41) is 19.9. The fourth-order valence-electron chi connectivity index (χ4n) is 2.00. The first kappa shape index (κ1) is 14.7. The molecule has 1 aliphatic heterocycles. The van der Waals surface area contributed by atoms with E-state index in [1.54, 1.807) is 4.90 Å². The predicted octanol–water partition coefficient (Wildman–Crippen LogP) is -0.834. The van der Waals surface area contributed by atoms with E-state index < -0.39 is 24.6 Å². The van der Waals surface area contributed by atoms with E-state index in [1.165, 1.54) is 0 Å². The maximum Gasteiger partial charge on any atom is 0.328 e. The molecule has 0 bridgehead atoms. The summed E-state index contributed by atoms with van der Waals surface area (Å²) in [7, 11) is 2.00. The molecule has 104 valence electrons. The molecule has 1 fully saturated rings. The van der Waals surface area contributed by atoms with Crippen LogP contribution in [0.3, 0.4) is 0 Å². The van der Waals surface area contributed by atoms with E-state index in [0.717, 1.165) is 0 Å². The predicted molar refractivity (Wildman–Crippen MR) is 65.3 cm³/mol. The van der Waals surface area contributed by atoms with Crippen molar-refractivity contribution in [2.75, 3.05) is 26.7 Å². The molecular formula is C11H21N3O4. The second-order valence-electron chi connectivity index (χ2n) is 4.79. The van der Waals surface area contributed by atoms with E-state index in [1.807, 2.05) is 20.9 Å². The number of nitrogens with one attached hydrogen (secondary N) is 1. The van der Waals surface area contributed by atoms with Gasteiger partial charge in [0.25, 0.3) is 0 Å². The number of rotatable bonds is 3. The van der Waals surface area contributed by atoms with Crippen LogP contribution >= 0.6 is 0 Å². The monoisotopic (exact) mass is 259 g/mol. The number of hydrogen-bond acceptors (Lipinski definition) is 4. The van der Waals surface area contributed by atoms with Crippen molar-refractivity contribution < 1.29 is 19.8 Å². The van der Waals surface area contributed by atoms with Gasteiger partial charge in [0.2, 0.25) is 0 Å². The molecule has 0 aromatic heterocycles. The third-order valence-electron chi connectivity index (χ3n) is 3.43. The fourth-order valence-corrected chi connectivity index (χ4v) is 2.00. The van der Waals surface area contributed by atoms with Crippen LogP contribution < -0.4 is 5.32 Å². The first-order valence-electron chi connectivity index (χ1n) is 5.97. The van der Waals surface area contributed by atoms with Crippen LogP contribution in [0, 0.1) is 0 Å². The molecule has 1 heterocycles. The van der Waals surface area contributed by atoms with Crippen molar-refractivity contribution in [2.24, 2.45) is 0 Å². The van der Waals surface area contributed by atoms with Crippen LogP contribution in [0.15, 0.2) is 0 Å². The molecule has 0 saturated carbocycles. The highest BCUT2D eigenvalue weighted by Gasteiger charge is 2.31. The SMILES string of the molecule is CC1CN(C(=O)N[C@@H](CO)C(=O)O)CC(C)N1C. The molecule has 3 atom stereocenters. The summed E-state index contributed by atoms with van der Waals surface area (Å²) >= 11 is 0. The minimum absolute atomic E-state index is 0.219. The average Bonchev–Trinajstić information content (AvgIpc) is 2.31. The van der Waals surface area contributed by atoms with Crippen LogP contribution in [-0.2, 0) is 4.79 Å². The summed E-state index contributed by atoms with van der Waals surface area (Å²) in [6, 6.07) is -1.25. The number of aliphatic hydroxyl groups excluding tert-OH is 1. The summed E-state index contributed by atoms with van der Waals surface area (Å²) in [5.41, 5.74) is 0. The Morgan fingerprint density at radius 2 is 1.83 bits per heavy atom. The van der Waals surface area contributed by atoms with Crippen molar-refractivity contribution >= 4 is 12.0 Å². The summed E-state index contributed by atoms with van der Waals surface area (Å²) < 4.78 is 0. The Hall–Kier alpha value is -1.34. The molecule has 0 spiro atoms. The first-order valence-corrected chi connectivity index (χ1v) is 5.97. The highest BCUT2D eigenvalue weighted by molar-refractivity contribution is 5.82. The lowest BCUT2D eigenvalue weighted by molar-refractivity contribution is -0.140. The third kappa shape index (κ3) is 3.33. The first-order chi connectivity index (χ1) is 8.36. The standard InChI is InChI=1S/C11H21N3O4/c1-7-4-14(5-8(2)13(7)3)11(18)12-9(6-15)10(16)17/h7-9,15H,4-6H2,1-3H3,(H,12,18)(H,16,17)/t7?,8?,9-/m0/s1. The number of urea groups is 1. The van der Waals surface area contributed by atoms with Crippen molar-refractivity contribution in [3.8, 4) is 0 Å². The van der Waals surface area contributed by atoms with Gasteiger partial charge in [-0.15, -0.1) is 0 Å². The van der Waals surface area contributed by atoms with Gasteiger partial charge in [0.05, 0.1) is 6.61 Å². The number of carboxylic acid groups (broad SMARTS) is 1. The van der Waals surface area contributed by atoms with Gasteiger partial charge in [-0.25, -0.2) is 9.59 Å². The van der Waals surface area contributed by atoms with Gasteiger partial charge in [0.1, 0.15) is 0 Å². The molecular weight excluding hydrogens is 238 g/mol. The minimum Gasteiger partial charge on any atom is -0.480 e. The maximum absolute atomic E-state index is 11.9. The quantitative estimate of drug-likeness (QED) is 0.615. The van der Waals surface area contributed by atoms with E-state index in [4.69, 9.17) is 10.2 Å². The van der Waals surface area contributed by atoms with Crippen LogP contribution in [0.1, 0.15) is 13.8 Å². The lowest BCUT2D eigenvalue weighted by atomic mass is 10.1. The van der Waals surface area contributed by atoms with Crippen LogP contribution in [0.4, 0.5) is 4.79 Å². The van der Waals surface area contributed by atoms with Gasteiger partial charge in [0, 0.05) is 25.2 Å². The van der Waals surface area contributed by atoms with E-state index in [-0.39, 0.29) is 12.1 Å². The summed E-state index contributed by atoms with van der Waals surface area (Å²) in [6.07, 6.45) is 0. The largest absolute Gasteiger partial charge is 0.480 e. The molecule has 2 amide bonds. The minimum atomic E-state index is -1.25. The number of likely N-dealkylation sites (N-methyl/N-ethyl adjacent to an activating group) is 1. The zero-order valence-electron chi connectivity index (χ0n) is 11.0. The van der Waals surface area contributed by atoms with Gasteiger partial charge < -0.3 is 20.4 Å². The zero-order chi connectivity index (χ0) is 13.9. The molecule has 7 heteroatoms. The van der Waals surface area contributed by atoms with Gasteiger partial charge in [0.15, 0.2) is 6.04 Å². The van der Waals surface area contributed by atoms with Crippen molar-refractivity contribution in [1.29, 1.82) is 0 Å². The van der Waals surface area contributed by atoms with Crippen molar-refractivity contribution in [2.45, 2.75) is 32.0 Å². The van der Waals surface area contributed by atoms with Gasteiger partial charge in [-0.05, 0) is 20.9 Å². The number of carbonyl (C=O) groups excluding carboxylic acids is 1. The number of carbonyl (C=O) groups is 2. The van der Waals surface area contributed by atoms with Gasteiger partial charge in [-0.1, -0.05) is 0 Å². The van der Waals surface area contributed by atoms with E-state index >= 15 is 0 Å². The molecule has 2 unspecified atom stereocenters. The number of amides is 2. The number of carboxylic acids is 1. The van der Waals surface area contributed by atoms with Crippen molar-refractivity contribution in [3.63, 3.8) is 0 Å². The molecule has 1 saturated heterocycles. The Morgan fingerprint density at radius 3 is 2.22 bits per heavy atom. The van der Waals surface area contributed by atoms with Crippen LogP contribution in [-0.4, -0.2) is 76.9 Å². The number of hydrogen-bond donors (Lipinski definition) is 3. The lowest BCUT2D eigenvalue weighted by Gasteiger charge is -2.42. The molecule has 1 rings (SSSR count). The molecule has 0 aromatic carbocycles. The molecule has 0 radical (unpaired) electrons. The Balaban J connectivity index is 2.59. The Labute approximate surface area is 106 Å². The van der Waals surface area contributed by atoms with Crippen molar-refractivity contribution in [1.82, 2.24) is 15.1 Å². The lowest BCUT2D eigenvalue weighted by Crippen LogP contribution is -2.60. The van der Waals surface area contributed by atoms with Gasteiger partial charge >= 0.3 is 12.0 Å². The second kappa shape index (κ2) is 6.01. The third-order valence-corrected chi connectivity index (χ3v) is 3.43. The van der Waals surface area contributed by atoms with Crippen molar-refractivity contribution in [3.05, 3.63) is 0 Å². The maximum atomic E-state index is 11.9. The fraction of sp³-hybridized carbons (Fsp3) is 0.818.